The number of rotatable bonds is 2. The number of alkyl halides is 3. The number of nitrogens with zero attached hydrogens (tertiary/aromatic N) is 2. The van der Waals surface area contributed by atoms with Crippen molar-refractivity contribution in [1.29, 1.82) is 0 Å². The molecule has 28 heavy (non-hydrogen) atoms. The Morgan fingerprint density at radius 1 is 1.18 bits per heavy atom. The first kappa shape index (κ1) is 20.6. The van der Waals surface area contributed by atoms with E-state index in [1.54, 1.807) is 19.0 Å². The third-order valence-corrected chi connectivity index (χ3v) is 5.87. The zero-order valence-corrected chi connectivity index (χ0v) is 16.3. The summed E-state index contributed by atoms with van der Waals surface area (Å²) >= 11 is 0. The summed E-state index contributed by atoms with van der Waals surface area (Å²) in [4.78, 5) is 28.1. The number of carbonyl (C=O) groups excluding carboxylic acids is 2. The molecule has 0 bridgehead atoms. The molecule has 3 unspecified atom stereocenters. The number of likely N-dealkylation sites (tertiary alicyclic amines) is 1. The van der Waals surface area contributed by atoms with E-state index in [0.717, 1.165) is 18.6 Å². The van der Waals surface area contributed by atoms with Gasteiger partial charge in [0.2, 0.25) is 0 Å². The van der Waals surface area contributed by atoms with Gasteiger partial charge in [0.1, 0.15) is 6.10 Å². The van der Waals surface area contributed by atoms with Crippen LogP contribution in [0.15, 0.2) is 24.3 Å². The fourth-order valence-electron chi connectivity index (χ4n) is 4.11. The monoisotopic (exact) mass is 398 g/mol. The van der Waals surface area contributed by atoms with Gasteiger partial charge in [-0.2, -0.15) is 13.2 Å². The van der Waals surface area contributed by atoms with Gasteiger partial charge in [0.25, 0.3) is 11.8 Å². The number of halogens is 3. The Bertz CT molecular complexity index is 748. The Morgan fingerprint density at radius 3 is 2.36 bits per heavy atom. The van der Waals surface area contributed by atoms with Gasteiger partial charge in [-0.15, -0.1) is 0 Å². The second-order valence-electron chi connectivity index (χ2n) is 7.92. The van der Waals surface area contributed by atoms with Crippen LogP contribution in [0, 0.1) is 5.92 Å². The number of piperidine rings is 1. The lowest BCUT2D eigenvalue weighted by Crippen LogP contribution is -2.53. The number of likely N-dealkylation sites (N-methyl/N-ethyl adjacent to an activating group) is 1. The third-order valence-electron chi connectivity index (χ3n) is 5.87. The predicted molar refractivity (Wildman–Crippen MR) is 96.7 cm³/mol. The van der Waals surface area contributed by atoms with Crippen molar-refractivity contribution in [2.75, 3.05) is 27.2 Å². The SMILES string of the molecule is CC1CN(C(=O)c2ccc(C(F)(F)F)cc2)CCC12CCC(C(=O)N(C)C)O2. The first-order valence-electron chi connectivity index (χ1n) is 9.39. The van der Waals surface area contributed by atoms with Crippen LogP contribution in [0.2, 0.25) is 0 Å². The molecule has 8 heteroatoms. The number of hydrogen-bond acceptors (Lipinski definition) is 3. The maximum atomic E-state index is 12.7. The van der Waals surface area contributed by atoms with E-state index >= 15 is 0 Å². The molecule has 1 aromatic rings. The second-order valence-corrected chi connectivity index (χ2v) is 7.92. The van der Waals surface area contributed by atoms with Gasteiger partial charge in [-0.05, 0) is 43.5 Å². The van der Waals surface area contributed by atoms with Crippen molar-refractivity contribution in [1.82, 2.24) is 9.80 Å². The van der Waals surface area contributed by atoms with Crippen molar-refractivity contribution in [2.45, 2.75) is 44.1 Å². The lowest BCUT2D eigenvalue weighted by molar-refractivity contribution is -0.153. The van der Waals surface area contributed by atoms with Gasteiger partial charge in [-0.3, -0.25) is 9.59 Å². The molecule has 0 aliphatic carbocycles. The van der Waals surface area contributed by atoms with E-state index < -0.39 is 23.4 Å². The van der Waals surface area contributed by atoms with Crippen LogP contribution in [0.3, 0.4) is 0 Å². The van der Waals surface area contributed by atoms with E-state index in [4.69, 9.17) is 4.74 Å². The molecule has 2 amide bonds. The Balaban J connectivity index is 1.65. The van der Waals surface area contributed by atoms with Crippen molar-refractivity contribution in [3.8, 4) is 0 Å². The Labute approximate surface area is 162 Å². The Hall–Kier alpha value is -2.09. The maximum absolute atomic E-state index is 12.7. The summed E-state index contributed by atoms with van der Waals surface area (Å²) in [5, 5.41) is 0. The van der Waals surface area contributed by atoms with Crippen LogP contribution in [0.25, 0.3) is 0 Å². The molecule has 3 rings (SSSR count). The zero-order valence-electron chi connectivity index (χ0n) is 16.3. The van der Waals surface area contributed by atoms with Crippen molar-refractivity contribution in [3.63, 3.8) is 0 Å². The van der Waals surface area contributed by atoms with Gasteiger partial charge in [0, 0.05) is 38.7 Å². The largest absolute Gasteiger partial charge is 0.416 e. The van der Waals surface area contributed by atoms with Gasteiger partial charge in [0.05, 0.1) is 11.2 Å². The molecular formula is C20H25F3N2O3. The highest BCUT2D eigenvalue weighted by atomic mass is 19.4. The van der Waals surface area contributed by atoms with Crippen LogP contribution in [-0.2, 0) is 15.7 Å². The van der Waals surface area contributed by atoms with Crippen LogP contribution < -0.4 is 0 Å². The van der Waals surface area contributed by atoms with Crippen LogP contribution in [-0.4, -0.2) is 60.5 Å². The van der Waals surface area contributed by atoms with E-state index in [2.05, 4.69) is 0 Å². The van der Waals surface area contributed by atoms with E-state index in [9.17, 15) is 22.8 Å². The molecule has 154 valence electrons. The molecule has 0 N–H and O–H groups in total. The van der Waals surface area contributed by atoms with Gasteiger partial charge in [-0.25, -0.2) is 0 Å². The molecule has 2 aliphatic heterocycles. The fourth-order valence-corrected chi connectivity index (χ4v) is 4.11. The number of ether oxygens (including phenoxy) is 1. The van der Waals surface area contributed by atoms with Gasteiger partial charge < -0.3 is 14.5 Å². The highest BCUT2D eigenvalue weighted by Gasteiger charge is 2.49. The van der Waals surface area contributed by atoms with Gasteiger partial charge in [-0.1, -0.05) is 6.92 Å². The third kappa shape index (κ3) is 3.87. The minimum absolute atomic E-state index is 0.0274. The van der Waals surface area contributed by atoms with Crippen molar-refractivity contribution >= 4 is 11.8 Å². The molecule has 0 radical (unpaired) electrons. The van der Waals surface area contributed by atoms with E-state index in [1.807, 2.05) is 6.92 Å². The number of hydrogen-bond donors (Lipinski definition) is 0. The molecule has 1 aromatic carbocycles. The summed E-state index contributed by atoms with van der Waals surface area (Å²) in [5.41, 5.74) is -0.956. The average molecular weight is 398 g/mol. The van der Waals surface area contributed by atoms with Crippen LogP contribution in [0.5, 0.6) is 0 Å². The Morgan fingerprint density at radius 2 is 1.82 bits per heavy atom. The number of carbonyl (C=O) groups is 2. The summed E-state index contributed by atoms with van der Waals surface area (Å²) in [5.74, 6) is -0.304. The van der Waals surface area contributed by atoms with Crippen LogP contribution in [0.1, 0.15) is 42.1 Å². The van der Waals surface area contributed by atoms with Gasteiger partial charge in [0.15, 0.2) is 0 Å². The van der Waals surface area contributed by atoms with E-state index in [0.29, 0.717) is 25.9 Å². The maximum Gasteiger partial charge on any atom is 0.416 e. The van der Waals surface area contributed by atoms with Crippen molar-refractivity contribution < 1.29 is 27.5 Å². The fraction of sp³-hybridized carbons (Fsp3) is 0.600. The average Bonchev–Trinajstić information content (AvgIpc) is 3.07. The molecule has 1 spiro atoms. The molecule has 0 saturated carbocycles. The summed E-state index contributed by atoms with van der Waals surface area (Å²) in [6.45, 7) is 2.89. The normalized spacial score (nSPS) is 27.9. The first-order valence-corrected chi connectivity index (χ1v) is 9.39. The second kappa shape index (κ2) is 7.39. The number of amides is 2. The lowest BCUT2D eigenvalue weighted by atomic mass is 9.80. The minimum Gasteiger partial charge on any atom is -0.362 e. The summed E-state index contributed by atoms with van der Waals surface area (Å²) in [7, 11) is 3.40. The quantitative estimate of drug-likeness (QED) is 0.769. The minimum atomic E-state index is -4.42. The molecular weight excluding hydrogens is 373 g/mol. The standard InChI is InChI=1S/C20H25F3N2O3/c1-13-12-25(17(26)14-4-6-15(7-5-14)20(21,22)23)11-10-19(13)9-8-16(28-19)18(27)24(2)3/h4-7,13,16H,8-12H2,1-3H3. The molecule has 2 heterocycles. The summed E-state index contributed by atoms with van der Waals surface area (Å²) in [6, 6.07) is 4.30. The van der Waals surface area contributed by atoms with Crippen molar-refractivity contribution in [3.05, 3.63) is 35.4 Å². The Kier molecular flexibility index (Phi) is 5.44. The predicted octanol–water partition coefficient (Wildman–Crippen LogP) is 3.19. The zero-order chi connectivity index (χ0) is 20.7. The molecule has 2 saturated heterocycles. The smallest absolute Gasteiger partial charge is 0.362 e. The van der Waals surface area contributed by atoms with Crippen molar-refractivity contribution in [2.24, 2.45) is 5.92 Å². The van der Waals surface area contributed by atoms with Crippen LogP contribution in [0.4, 0.5) is 13.2 Å². The molecule has 2 aliphatic rings. The van der Waals surface area contributed by atoms with Gasteiger partial charge >= 0.3 is 6.18 Å². The first-order chi connectivity index (χ1) is 13.0. The molecule has 0 aromatic heterocycles. The summed E-state index contributed by atoms with van der Waals surface area (Å²) in [6.07, 6.45) is -2.84. The lowest BCUT2D eigenvalue weighted by Gasteiger charge is -2.44. The highest BCUT2D eigenvalue weighted by molar-refractivity contribution is 5.94. The topological polar surface area (TPSA) is 49.9 Å². The van der Waals surface area contributed by atoms with E-state index in [1.165, 1.54) is 17.0 Å². The number of benzene rings is 1. The van der Waals surface area contributed by atoms with Crippen LogP contribution >= 0.6 is 0 Å². The highest BCUT2D eigenvalue weighted by Crippen LogP contribution is 2.43. The molecule has 3 atom stereocenters. The van der Waals surface area contributed by atoms with E-state index in [-0.39, 0.29) is 23.3 Å². The molecule has 5 nitrogen and oxygen atoms in total. The summed E-state index contributed by atoms with van der Waals surface area (Å²) < 4.78 is 44.3. The molecule has 2 fully saturated rings.